The van der Waals surface area contributed by atoms with Crippen LogP contribution in [0.2, 0.25) is 0 Å². The Labute approximate surface area is 110 Å². The number of carboxylic acids is 1. The SMILES string of the molecule is Cc1oc(C)c(C(=O)N2CC(O)CC2C(=O)O)c1C. The first-order valence-electron chi connectivity index (χ1n) is 6.11. The van der Waals surface area contributed by atoms with Crippen molar-refractivity contribution in [2.24, 2.45) is 0 Å². The summed E-state index contributed by atoms with van der Waals surface area (Å²) in [5, 5.41) is 18.7. The lowest BCUT2D eigenvalue weighted by Gasteiger charge is -2.21. The number of carboxylic acid groups (broad SMARTS) is 1. The molecule has 6 heteroatoms. The van der Waals surface area contributed by atoms with Crippen LogP contribution in [-0.4, -0.2) is 45.7 Å². The lowest BCUT2D eigenvalue weighted by atomic mass is 10.1. The zero-order valence-corrected chi connectivity index (χ0v) is 11.1. The molecule has 2 unspecified atom stereocenters. The fourth-order valence-corrected chi connectivity index (χ4v) is 2.52. The van der Waals surface area contributed by atoms with Gasteiger partial charge in [-0.25, -0.2) is 4.79 Å². The number of aliphatic hydroxyl groups excluding tert-OH is 1. The number of likely N-dealkylation sites (tertiary alicyclic amines) is 1. The van der Waals surface area contributed by atoms with Crippen molar-refractivity contribution in [2.75, 3.05) is 6.54 Å². The van der Waals surface area contributed by atoms with Gasteiger partial charge in [-0.3, -0.25) is 4.79 Å². The maximum Gasteiger partial charge on any atom is 0.326 e. The second-order valence-corrected chi connectivity index (χ2v) is 4.92. The molecule has 1 aliphatic heterocycles. The van der Waals surface area contributed by atoms with Crippen LogP contribution in [0.5, 0.6) is 0 Å². The number of nitrogens with zero attached hydrogens (tertiary/aromatic N) is 1. The molecule has 0 bridgehead atoms. The Balaban J connectivity index is 2.36. The van der Waals surface area contributed by atoms with Gasteiger partial charge in [0.05, 0.1) is 11.7 Å². The summed E-state index contributed by atoms with van der Waals surface area (Å²) in [4.78, 5) is 24.8. The van der Waals surface area contributed by atoms with Crippen molar-refractivity contribution in [3.05, 3.63) is 22.6 Å². The zero-order chi connectivity index (χ0) is 14.3. The molecule has 0 spiro atoms. The van der Waals surface area contributed by atoms with Crippen molar-refractivity contribution < 1.29 is 24.2 Å². The number of hydrogen-bond acceptors (Lipinski definition) is 4. The number of amides is 1. The summed E-state index contributed by atoms with van der Waals surface area (Å²) in [5.74, 6) is -0.366. The second-order valence-electron chi connectivity index (χ2n) is 4.92. The molecule has 0 radical (unpaired) electrons. The van der Waals surface area contributed by atoms with Gasteiger partial charge in [0.25, 0.3) is 5.91 Å². The topological polar surface area (TPSA) is 91.0 Å². The Bertz CT molecular complexity index is 533. The van der Waals surface area contributed by atoms with Gasteiger partial charge in [-0.2, -0.15) is 0 Å². The molecule has 6 nitrogen and oxygen atoms in total. The van der Waals surface area contributed by atoms with Crippen molar-refractivity contribution in [3.63, 3.8) is 0 Å². The number of β-amino-alcohol motifs (C(OH)–C–C–N with tert-alkyl or cyclic N) is 1. The summed E-state index contributed by atoms with van der Waals surface area (Å²) < 4.78 is 5.39. The van der Waals surface area contributed by atoms with E-state index in [0.717, 1.165) is 0 Å². The number of aliphatic carboxylic acids is 1. The fraction of sp³-hybridized carbons (Fsp3) is 0.538. The van der Waals surface area contributed by atoms with Gasteiger partial charge in [-0.1, -0.05) is 0 Å². The van der Waals surface area contributed by atoms with Crippen molar-refractivity contribution in [1.29, 1.82) is 0 Å². The molecule has 0 aliphatic carbocycles. The predicted octanol–water partition coefficient (Wildman–Crippen LogP) is 0.865. The highest BCUT2D eigenvalue weighted by Gasteiger charge is 2.40. The summed E-state index contributed by atoms with van der Waals surface area (Å²) >= 11 is 0. The van der Waals surface area contributed by atoms with E-state index < -0.39 is 24.0 Å². The molecule has 1 aromatic rings. The third kappa shape index (κ3) is 2.23. The molecule has 1 fully saturated rings. The van der Waals surface area contributed by atoms with Crippen molar-refractivity contribution >= 4 is 11.9 Å². The normalized spacial score (nSPS) is 22.8. The van der Waals surface area contributed by atoms with Crippen LogP contribution in [0.1, 0.15) is 33.9 Å². The van der Waals surface area contributed by atoms with Gasteiger partial charge < -0.3 is 19.5 Å². The van der Waals surface area contributed by atoms with E-state index in [0.29, 0.717) is 22.6 Å². The minimum absolute atomic E-state index is 0.0406. The van der Waals surface area contributed by atoms with Gasteiger partial charge in [-0.05, 0) is 20.8 Å². The van der Waals surface area contributed by atoms with E-state index in [2.05, 4.69) is 0 Å². The summed E-state index contributed by atoms with van der Waals surface area (Å²) in [6, 6.07) is -0.975. The van der Waals surface area contributed by atoms with Gasteiger partial charge in [0.15, 0.2) is 0 Å². The second kappa shape index (κ2) is 4.70. The van der Waals surface area contributed by atoms with Gasteiger partial charge in [0.2, 0.25) is 0 Å². The minimum Gasteiger partial charge on any atom is -0.480 e. The molecule has 2 atom stereocenters. The lowest BCUT2D eigenvalue weighted by Crippen LogP contribution is -2.40. The van der Waals surface area contributed by atoms with E-state index in [9.17, 15) is 14.7 Å². The monoisotopic (exact) mass is 267 g/mol. The Kier molecular flexibility index (Phi) is 3.36. The molecule has 0 aromatic carbocycles. The molecular weight excluding hydrogens is 250 g/mol. The van der Waals surface area contributed by atoms with Crippen LogP contribution >= 0.6 is 0 Å². The van der Waals surface area contributed by atoms with Crippen LogP contribution < -0.4 is 0 Å². The highest BCUT2D eigenvalue weighted by Crippen LogP contribution is 2.26. The van der Waals surface area contributed by atoms with Gasteiger partial charge in [0.1, 0.15) is 17.6 Å². The summed E-state index contributed by atoms with van der Waals surface area (Å²) in [6.07, 6.45) is -0.727. The van der Waals surface area contributed by atoms with E-state index in [4.69, 9.17) is 9.52 Å². The van der Waals surface area contributed by atoms with E-state index in [1.807, 2.05) is 0 Å². The first-order valence-corrected chi connectivity index (χ1v) is 6.11. The van der Waals surface area contributed by atoms with Gasteiger partial charge in [0, 0.05) is 18.5 Å². The van der Waals surface area contributed by atoms with Crippen LogP contribution in [0.15, 0.2) is 4.42 Å². The first-order chi connectivity index (χ1) is 8.82. The molecule has 104 valence electrons. The largest absolute Gasteiger partial charge is 0.480 e. The average molecular weight is 267 g/mol. The zero-order valence-electron chi connectivity index (χ0n) is 11.1. The number of hydrogen-bond donors (Lipinski definition) is 2. The Morgan fingerprint density at radius 3 is 2.37 bits per heavy atom. The van der Waals surface area contributed by atoms with Gasteiger partial charge in [-0.15, -0.1) is 0 Å². The molecule has 1 amide bonds. The number of aliphatic hydroxyl groups is 1. The molecule has 19 heavy (non-hydrogen) atoms. The van der Waals surface area contributed by atoms with Crippen LogP contribution in [0.3, 0.4) is 0 Å². The molecular formula is C13H17NO5. The summed E-state index contributed by atoms with van der Waals surface area (Å²) in [6.45, 7) is 5.24. The first kappa shape index (κ1) is 13.6. The lowest BCUT2D eigenvalue weighted by molar-refractivity contribution is -0.141. The molecule has 2 N–H and O–H groups in total. The predicted molar refractivity (Wildman–Crippen MR) is 66.0 cm³/mol. The van der Waals surface area contributed by atoms with E-state index in [1.54, 1.807) is 20.8 Å². The number of furan rings is 1. The summed E-state index contributed by atoms with van der Waals surface area (Å²) in [7, 11) is 0. The number of carbonyl (C=O) groups is 2. The number of carbonyl (C=O) groups excluding carboxylic acids is 1. The van der Waals surface area contributed by atoms with E-state index >= 15 is 0 Å². The standard InChI is InChI=1S/C13H17NO5/c1-6-7(2)19-8(3)11(6)12(16)14-5-9(15)4-10(14)13(17)18/h9-10,15H,4-5H2,1-3H3,(H,17,18). The minimum atomic E-state index is -1.10. The van der Waals surface area contributed by atoms with Crippen molar-refractivity contribution in [2.45, 2.75) is 39.3 Å². The van der Waals surface area contributed by atoms with Crippen molar-refractivity contribution in [3.8, 4) is 0 Å². The molecule has 2 heterocycles. The van der Waals surface area contributed by atoms with Gasteiger partial charge >= 0.3 is 5.97 Å². The third-order valence-corrected chi connectivity index (χ3v) is 3.60. The third-order valence-electron chi connectivity index (χ3n) is 3.60. The van der Waals surface area contributed by atoms with E-state index in [1.165, 1.54) is 4.90 Å². The number of aryl methyl sites for hydroxylation is 2. The maximum absolute atomic E-state index is 12.5. The molecule has 1 aliphatic rings. The highest BCUT2D eigenvalue weighted by atomic mass is 16.4. The smallest absolute Gasteiger partial charge is 0.326 e. The Morgan fingerprint density at radius 1 is 1.26 bits per heavy atom. The van der Waals surface area contributed by atoms with Crippen LogP contribution in [0, 0.1) is 20.8 Å². The molecule has 0 saturated carbocycles. The fourth-order valence-electron chi connectivity index (χ4n) is 2.52. The van der Waals surface area contributed by atoms with Crippen molar-refractivity contribution in [1.82, 2.24) is 4.90 Å². The quantitative estimate of drug-likeness (QED) is 0.829. The Morgan fingerprint density at radius 2 is 1.89 bits per heavy atom. The molecule has 1 aromatic heterocycles. The van der Waals surface area contributed by atoms with E-state index in [-0.39, 0.29) is 13.0 Å². The number of rotatable bonds is 2. The highest BCUT2D eigenvalue weighted by molar-refractivity contribution is 5.99. The van der Waals surface area contributed by atoms with Crippen LogP contribution in [-0.2, 0) is 4.79 Å². The molecule has 2 rings (SSSR count). The molecule has 1 saturated heterocycles. The average Bonchev–Trinajstić information content (AvgIpc) is 2.81. The van der Waals surface area contributed by atoms with Crippen LogP contribution in [0.4, 0.5) is 0 Å². The summed E-state index contributed by atoms with van der Waals surface area (Å²) in [5.41, 5.74) is 1.12. The maximum atomic E-state index is 12.5. The van der Waals surface area contributed by atoms with Crippen LogP contribution in [0.25, 0.3) is 0 Å². The Hall–Kier alpha value is -1.82.